The number of benzene rings is 2. The lowest BCUT2D eigenvalue weighted by Crippen LogP contribution is -2.07. The molecule has 32 heavy (non-hydrogen) atoms. The van der Waals surface area contributed by atoms with Gasteiger partial charge in [0.05, 0.1) is 32.0 Å². The van der Waals surface area contributed by atoms with Crippen LogP contribution >= 0.6 is 15.9 Å². The Kier molecular flexibility index (Phi) is 7.88. The number of rotatable bonds is 10. The topological polar surface area (TPSA) is 91.8 Å². The Balaban J connectivity index is 1.82. The lowest BCUT2D eigenvalue weighted by atomic mass is 10.0. The molecule has 0 aliphatic heterocycles. The molecule has 1 N–H and O–H groups in total. The van der Waals surface area contributed by atoms with Gasteiger partial charge in [0.15, 0.2) is 17.3 Å². The number of nitrogens with one attached hydrogen (secondary N) is 1. The van der Waals surface area contributed by atoms with Gasteiger partial charge in [-0.25, -0.2) is 4.98 Å². The zero-order valence-electron chi connectivity index (χ0n) is 18.3. The van der Waals surface area contributed by atoms with Gasteiger partial charge in [0.1, 0.15) is 6.61 Å². The molecule has 8 nitrogen and oxygen atoms in total. The molecule has 1 aromatic heterocycles. The second kappa shape index (κ2) is 10.8. The van der Waals surface area contributed by atoms with E-state index in [0.717, 1.165) is 5.56 Å². The van der Waals surface area contributed by atoms with E-state index in [0.29, 0.717) is 51.2 Å². The molecule has 0 amide bonds. The summed E-state index contributed by atoms with van der Waals surface area (Å²) in [6.45, 7) is 2.03. The van der Waals surface area contributed by atoms with E-state index in [-0.39, 0.29) is 12.4 Å². The van der Waals surface area contributed by atoms with Crippen molar-refractivity contribution in [1.82, 2.24) is 9.97 Å². The SMILES string of the molecule is CCC(=O)c1ccccc1COc1nc(Nc2cc(OC)c(OC)c(OC)c2)ncc1Br. The summed E-state index contributed by atoms with van der Waals surface area (Å²) < 4.78 is 22.6. The molecule has 3 aromatic rings. The van der Waals surface area contributed by atoms with Crippen LogP contribution in [-0.2, 0) is 6.61 Å². The van der Waals surface area contributed by atoms with Crippen LogP contribution in [-0.4, -0.2) is 37.1 Å². The highest BCUT2D eigenvalue weighted by Gasteiger charge is 2.15. The van der Waals surface area contributed by atoms with Crippen molar-refractivity contribution in [2.24, 2.45) is 0 Å². The molecule has 0 atom stereocenters. The highest BCUT2D eigenvalue weighted by Crippen LogP contribution is 2.40. The highest BCUT2D eigenvalue weighted by atomic mass is 79.9. The Hall–Kier alpha value is -3.33. The number of ketones is 1. The first-order chi connectivity index (χ1) is 15.5. The molecule has 0 spiro atoms. The maximum atomic E-state index is 12.2. The van der Waals surface area contributed by atoms with Gasteiger partial charge in [0.25, 0.3) is 0 Å². The van der Waals surface area contributed by atoms with Gasteiger partial charge in [-0.1, -0.05) is 31.2 Å². The van der Waals surface area contributed by atoms with Gasteiger partial charge >= 0.3 is 0 Å². The number of ether oxygens (including phenoxy) is 4. The van der Waals surface area contributed by atoms with E-state index in [1.165, 1.54) is 0 Å². The average Bonchev–Trinajstić information content (AvgIpc) is 2.83. The van der Waals surface area contributed by atoms with Crippen LogP contribution in [0.25, 0.3) is 0 Å². The minimum absolute atomic E-state index is 0.0655. The number of anilines is 2. The normalized spacial score (nSPS) is 10.4. The molecule has 3 rings (SSSR count). The predicted octanol–water partition coefficient (Wildman–Crippen LogP) is 5.18. The van der Waals surface area contributed by atoms with E-state index in [2.05, 4.69) is 31.2 Å². The third-order valence-corrected chi connectivity index (χ3v) is 5.18. The summed E-state index contributed by atoms with van der Waals surface area (Å²) in [7, 11) is 4.63. The van der Waals surface area contributed by atoms with Crippen molar-refractivity contribution in [3.05, 3.63) is 58.2 Å². The molecule has 1 heterocycles. The fourth-order valence-corrected chi connectivity index (χ4v) is 3.36. The summed E-state index contributed by atoms with van der Waals surface area (Å²) >= 11 is 3.41. The van der Waals surface area contributed by atoms with Crippen molar-refractivity contribution >= 4 is 33.3 Å². The van der Waals surface area contributed by atoms with Crippen LogP contribution < -0.4 is 24.3 Å². The van der Waals surface area contributed by atoms with E-state index in [1.807, 2.05) is 25.1 Å². The Morgan fingerprint density at radius 1 is 1.06 bits per heavy atom. The molecule has 0 aliphatic rings. The third-order valence-electron chi connectivity index (χ3n) is 4.64. The van der Waals surface area contributed by atoms with Gasteiger partial charge in [-0.15, -0.1) is 0 Å². The Morgan fingerprint density at radius 2 is 1.75 bits per heavy atom. The summed E-state index contributed by atoms with van der Waals surface area (Å²) in [5, 5.41) is 3.12. The Morgan fingerprint density at radius 3 is 2.38 bits per heavy atom. The number of aromatic nitrogens is 2. The molecule has 2 aromatic carbocycles. The Labute approximate surface area is 195 Å². The molecule has 0 saturated heterocycles. The number of hydrogen-bond donors (Lipinski definition) is 1. The molecule has 0 aliphatic carbocycles. The molecule has 0 bridgehead atoms. The van der Waals surface area contributed by atoms with Gasteiger partial charge in [0.2, 0.25) is 17.6 Å². The predicted molar refractivity (Wildman–Crippen MR) is 125 cm³/mol. The second-order valence-corrected chi connectivity index (χ2v) is 7.46. The number of hydrogen-bond acceptors (Lipinski definition) is 8. The van der Waals surface area contributed by atoms with Crippen molar-refractivity contribution in [3.63, 3.8) is 0 Å². The van der Waals surface area contributed by atoms with Crippen molar-refractivity contribution in [3.8, 4) is 23.1 Å². The zero-order chi connectivity index (χ0) is 23.1. The maximum absolute atomic E-state index is 12.2. The monoisotopic (exact) mass is 501 g/mol. The number of carbonyl (C=O) groups excluding carboxylic acids is 1. The number of carbonyl (C=O) groups is 1. The number of halogens is 1. The van der Waals surface area contributed by atoms with Crippen LogP contribution in [0.1, 0.15) is 29.3 Å². The van der Waals surface area contributed by atoms with E-state index in [9.17, 15) is 4.79 Å². The Bertz CT molecular complexity index is 1080. The van der Waals surface area contributed by atoms with Crippen molar-refractivity contribution < 1.29 is 23.7 Å². The summed E-state index contributed by atoms with van der Waals surface area (Å²) in [4.78, 5) is 20.9. The first kappa shape index (κ1) is 23.3. The second-order valence-electron chi connectivity index (χ2n) is 6.61. The van der Waals surface area contributed by atoms with Crippen LogP contribution in [0.5, 0.6) is 23.1 Å². The molecule has 0 unspecified atom stereocenters. The van der Waals surface area contributed by atoms with Crippen LogP contribution in [0.15, 0.2) is 47.1 Å². The smallest absolute Gasteiger partial charge is 0.233 e. The van der Waals surface area contributed by atoms with Gasteiger partial charge in [-0.3, -0.25) is 4.79 Å². The lowest BCUT2D eigenvalue weighted by Gasteiger charge is -2.15. The van der Waals surface area contributed by atoms with Crippen molar-refractivity contribution in [2.45, 2.75) is 20.0 Å². The molecular formula is C23H24BrN3O5. The summed E-state index contributed by atoms with van der Waals surface area (Å²) in [6, 6.07) is 10.9. The quantitative estimate of drug-likeness (QED) is 0.380. The summed E-state index contributed by atoms with van der Waals surface area (Å²) in [5.74, 6) is 2.21. The third kappa shape index (κ3) is 5.28. The van der Waals surface area contributed by atoms with Crippen molar-refractivity contribution in [2.75, 3.05) is 26.6 Å². The molecule has 168 valence electrons. The summed E-state index contributed by atoms with van der Waals surface area (Å²) in [5.41, 5.74) is 2.09. The fraction of sp³-hybridized carbons (Fsp3) is 0.261. The number of Topliss-reactive ketones (excluding diaryl/α,β-unsaturated/α-hetero) is 1. The van der Waals surface area contributed by atoms with E-state index < -0.39 is 0 Å². The first-order valence-corrected chi connectivity index (χ1v) is 10.6. The molecule has 0 fully saturated rings. The van der Waals surface area contributed by atoms with Crippen LogP contribution in [0.3, 0.4) is 0 Å². The fourth-order valence-electron chi connectivity index (χ4n) is 3.05. The van der Waals surface area contributed by atoms with E-state index in [1.54, 1.807) is 45.7 Å². The largest absolute Gasteiger partial charge is 0.493 e. The summed E-state index contributed by atoms with van der Waals surface area (Å²) in [6.07, 6.45) is 2.02. The van der Waals surface area contributed by atoms with Crippen LogP contribution in [0.2, 0.25) is 0 Å². The lowest BCUT2D eigenvalue weighted by molar-refractivity contribution is 0.0985. The number of nitrogens with zero attached hydrogens (tertiary/aromatic N) is 2. The van der Waals surface area contributed by atoms with Gasteiger partial charge in [0, 0.05) is 35.4 Å². The standard InChI is InChI=1S/C23H24BrN3O5/c1-5-18(28)16-9-7-6-8-14(16)13-32-22-17(24)12-25-23(27-22)26-15-10-19(29-2)21(31-4)20(11-15)30-3/h6-12H,5,13H2,1-4H3,(H,25,26,27). The maximum Gasteiger partial charge on any atom is 0.233 e. The van der Waals surface area contributed by atoms with Gasteiger partial charge in [-0.2, -0.15) is 4.98 Å². The molecule has 0 saturated carbocycles. The highest BCUT2D eigenvalue weighted by molar-refractivity contribution is 9.10. The molecular weight excluding hydrogens is 478 g/mol. The number of methoxy groups -OCH3 is 3. The van der Waals surface area contributed by atoms with E-state index in [4.69, 9.17) is 18.9 Å². The van der Waals surface area contributed by atoms with Gasteiger partial charge < -0.3 is 24.3 Å². The minimum Gasteiger partial charge on any atom is -0.493 e. The molecule has 9 heteroatoms. The zero-order valence-corrected chi connectivity index (χ0v) is 19.9. The van der Waals surface area contributed by atoms with E-state index >= 15 is 0 Å². The van der Waals surface area contributed by atoms with Crippen molar-refractivity contribution in [1.29, 1.82) is 0 Å². The van der Waals surface area contributed by atoms with Crippen LogP contribution in [0, 0.1) is 0 Å². The van der Waals surface area contributed by atoms with Crippen LogP contribution in [0.4, 0.5) is 11.6 Å². The van der Waals surface area contributed by atoms with Gasteiger partial charge in [-0.05, 0) is 15.9 Å². The first-order valence-electron chi connectivity index (χ1n) is 9.84. The molecule has 0 radical (unpaired) electrons. The minimum atomic E-state index is 0.0655. The average molecular weight is 502 g/mol.